The Balaban J connectivity index is 1.45. The SMILES string of the molecule is O=C(COC(=O)C1CC(c2ccccc2)C1)c1ccccc1. The minimum atomic E-state index is -0.253. The van der Waals surface area contributed by atoms with Gasteiger partial charge in [-0.2, -0.15) is 0 Å². The number of ether oxygens (including phenoxy) is 1. The Morgan fingerprint density at radius 3 is 2.14 bits per heavy atom. The molecule has 1 aliphatic carbocycles. The zero-order valence-electron chi connectivity index (χ0n) is 12.3. The minimum Gasteiger partial charge on any atom is -0.457 e. The summed E-state index contributed by atoms with van der Waals surface area (Å²) in [4.78, 5) is 23.9. The number of esters is 1. The van der Waals surface area contributed by atoms with Gasteiger partial charge in [0, 0.05) is 5.56 Å². The molecule has 0 amide bonds. The van der Waals surface area contributed by atoms with Crippen LogP contribution in [0.5, 0.6) is 0 Å². The molecule has 1 fully saturated rings. The highest BCUT2D eigenvalue weighted by atomic mass is 16.5. The number of benzene rings is 2. The Hall–Kier alpha value is -2.42. The summed E-state index contributed by atoms with van der Waals surface area (Å²) in [5.74, 6) is -0.0540. The van der Waals surface area contributed by atoms with Gasteiger partial charge in [-0.05, 0) is 24.3 Å². The van der Waals surface area contributed by atoms with Gasteiger partial charge in [0.2, 0.25) is 0 Å². The predicted octanol–water partition coefficient (Wildman–Crippen LogP) is 3.61. The largest absolute Gasteiger partial charge is 0.457 e. The topological polar surface area (TPSA) is 43.4 Å². The predicted molar refractivity (Wildman–Crippen MR) is 83.6 cm³/mol. The Bertz CT molecular complexity index is 643. The summed E-state index contributed by atoms with van der Waals surface area (Å²) >= 11 is 0. The van der Waals surface area contributed by atoms with Gasteiger partial charge >= 0.3 is 5.97 Å². The van der Waals surface area contributed by atoms with Gasteiger partial charge in [0.15, 0.2) is 12.4 Å². The third-order valence-electron chi connectivity index (χ3n) is 4.18. The van der Waals surface area contributed by atoms with Gasteiger partial charge in [-0.3, -0.25) is 9.59 Å². The van der Waals surface area contributed by atoms with E-state index >= 15 is 0 Å². The molecule has 0 spiro atoms. The van der Waals surface area contributed by atoms with Crippen LogP contribution in [0.15, 0.2) is 60.7 Å². The van der Waals surface area contributed by atoms with Gasteiger partial charge < -0.3 is 4.74 Å². The molecular weight excluding hydrogens is 276 g/mol. The first-order valence-electron chi connectivity index (χ1n) is 7.54. The average molecular weight is 294 g/mol. The lowest BCUT2D eigenvalue weighted by molar-refractivity contribution is -0.150. The molecule has 112 valence electrons. The van der Waals surface area contributed by atoms with Crippen LogP contribution >= 0.6 is 0 Å². The van der Waals surface area contributed by atoms with E-state index in [1.807, 2.05) is 24.3 Å². The van der Waals surface area contributed by atoms with Crippen LogP contribution < -0.4 is 0 Å². The van der Waals surface area contributed by atoms with Crippen LogP contribution in [-0.4, -0.2) is 18.4 Å². The first kappa shape index (κ1) is 14.5. The molecule has 0 radical (unpaired) electrons. The van der Waals surface area contributed by atoms with Gasteiger partial charge in [-0.1, -0.05) is 60.7 Å². The van der Waals surface area contributed by atoms with E-state index in [0.717, 1.165) is 12.8 Å². The minimum absolute atomic E-state index is 0.0752. The summed E-state index contributed by atoms with van der Waals surface area (Å²) in [6, 6.07) is 19.1. The molecule has 1 aliphatic rings. The fourth-order valence-corrected chi connectivity index (χ4v) is 2.77. The third kappa shape index (κ3) is 3.25. The summed E-state index contributed by atoms with van der Waals surface area (Å²) < 4.78 is 5.16. The van der Waals surface area contributed by atoms with Crippen LogP contribution in [0.1, 0.15) is 34.7 Å². The maximum absolute atomic E-state index is 12.0. The lowest BCUT2D eigenvalue weighted by Crippen LogP contribution is -2.31. The van der Waals surface area contributed by atoms with E-state index in [0.29, 0.717) is 11.5 Å². The molecule has 0 bridgehead atoms. The van der Waals surface area contributed by atoms with Crippen LogP contribution in [0.2, 0.25) is 0 Å². The van der Waals surface area contributed by atoms with E-state index in [-0.39, 0.29) is 24.3 Å². The molecule has 0 atom stereocenters. The Kier molecular flexibility index (Phi) is 4.33. The first-order chi connectivity index (χ1) is 10.7. The van der Waals surface area contributed by atoms with Crippen molar-refractivity contribution in [3.05, 3.63) is 71.8 Å². The van der Waals surface area contributed by atoms with E-state index in [9.17, 15) is 9.59 Å². The first-order valence-corrected chi connectivity index (χ1v) is 7.54. The number of hydrogen-bond donors (Lipinski definition) is 0. The standard InChI is InChI=1S/C19H18O3/c20-18(15-9-5-2-6-10-15)13-22-19(21)17-11-16(12-17)14-7-3-1-4-8-14/h1-10,16-17H,11-13H2. The highest BCUT2D eigenvalue weighted by Crippen LogP contribution is 2.42. The van der Waals surface area contributed by atoms with Gasteiger partial charge in [-0.15, -0.1) is 0 Å². The van der Waals surface area contributed by atoms with E-state index in [4.69, 9.17) is 4.74 Å². The maximum atomic E-state index is 12.0. The molecule has 0 saturated heterocycles. The van der Waals surface area contributed by atoms with Gasteiger partial charge in [0.25, 0.3) is 0 Å². The zero-order valence-corrected chi connectivity index (χ0v) is 12.3. The van der Waals surface area contributed by atoms with Crippen LogP contribution in [0.3, 0.4) is 0 Å². The normalized spacial score (nSPS) is 20.0. The number of carbonyl (C=O) groups excluding carboxylic acids is 2. The van der Waals surface area contributed by atoms with Crippen LogP contribution in [0, 0.1) is 5.92 Å². The van der Waals surface area contributed by atoms with E-state index in [2.05, 4.69) is 12.1 Å². The van der Waals surface area contributed by atoms with E-state index in [1.54, 1.807) is 24.3 Å². The van der Waals surface area contributed by atoms with E-state index < -0.39 is 0 Å². The number of carbonyl (C=O) groups is 2. The summed E-state index contributed by atoms with van der Waals surface area (Å²) in [6.07, 6.45) is 1.62. The molecule has 22 heavy (non-hydrogen) atoms. The molecule has 3 nitrogen and oxygen atoms in total. The van der Waals surface area contributed by atoms with Crippen molar-refractivity contribution >= 4 is 11.8 Å². The molecule has 0 heterocycles. The number of ketones is 1. The fourth-order valence-electron chi connectivity index (χ4n) is 2.77. The van der Waals surface area contributed by atoms with Crippen molar-refractivity contribution in [1.29, 1.82) is 0 Å². The quantitative estimate of drug-likeness (QED) is 0.625. The molecule has 0 aromatic heterocycles. The second-order valence-corrected chi connectivity index (χ2v) is 5.67. The second-order valence-electron chi connectivity index (χ2n) is 5.67. The second kappa shape index (κ2) is 6.56. The van der Waals surface area contributed by atoms with Crippen molar-refractivity contribution in [2.24, 2.45) is 5.92 Å². The lowest BCUT2D eigenvalue weighted by atomic mass is 9.71. The molecule has 0 unspecified atom stereocenters. The molecule has 3 heteroatoms. The maximum Gasteiger partial charge on any atom is 0.309 e. The zero-order chi connectivity index (χ0) is 15.4. The summed E-state index contributed by atoms with van der Waals surface area (Å²) in [7, 11) is 0. The van der Waals surface area contributed by atoms with Crippen molar-refractivity contribution in [2.45, 2.75) is 18.8 Å². The fraction of sp³-hybridized carbons (Fsp3) is 0.263. The molecule has 2 aromatic rings. The van der Waals surface area contributed by atoms with Crippen LogP contribution in [0.4, 0.5) is 0 Å². The summed E-state index contributed by atoms with van der Waals surface area (Å²) in [6.45, 7) is -0.171. The summed E-state index contributed by atoms with van der Waals surface area (Å²) in [5, 5.41) is 0. The van der Waals surface area contributed by atoms with Crippen LogP contribution in [-0.2, 0) is 9.53 Å². The summed E-state index contributed by atoms with van der Waals surface area (Å²) in [5.41, 5.74) is 1.85. The molecule has 3 rings (SSSR count). The van der Waals surface area contributed by atoms with Crippen molar-refractivity contribution < 1.29 is 14.3 Å². The number of rotatable bonds is 5. The number of Topliss-reactive ketones (excluding diaryl/α,β-unsaturated/α-hetero) is 1. The highest BCUT2D eigenvalue weighted by molar-refractivity contribution is 5.98. The van der Waals surface area contributed by atoms with Crippen molar-refractivity contribution in [3.8, 4) is 0 Å². The van der Waals surface area contributed by atoms with Crippen molar-refractivity contribution in [3.63, 3.8) is 0 Å². The van der Waals surface area contributed by atoms with Gasteiger partial charge in [0.1, 0.15) is 0 Å². The Labute approximate surface area is 129 Å². The molecule has 0 N–H and O–H groups in total. The molecule has 2 aromatic carbocycles. The van der Waals surface area contributed by atoms with Crippen molar-refractivity contribution in [2.75, 3.05) is 6.61 Å². The molecule has 0 aliphatic heterocycles. The van der Waals surface area contributed by atoms with Gasteiger partial charge in [-0.25, -0.2) is 0 Å². The van der Waals surface area contributed by atoms with Crippen LogP contribution in [0.25, 0.3) is 0 Å². The Morgan fingerprint density at radius 1 is 0.909 bits per heavy atom. The van der Waals surface area contributed by atoms with Gasteiger partial charge in [0.05, 0.1) is 5.92 Å². The Morgan fingerprint density at radius 2 is 1.50 bits per heavy atom. The smallest absolute Gasteiger partial charge is 0.309 e. The van der Waals surface area contributed by atoms with Crippen molar-refractivity contribution in [1.82, 2.24) is 0 Å². The monoisotopic (exact) mass is 294 g/mol. The average Bonchev–Trinajstić information content (AvgIpc) is 2.53. The molecular formula is C19H18O3. The lowest BCUT2D eigenvalue weighted by Gasteiger charge is -2.33. The molecule has 1 saturated carbocycles. The third-order valence-corrected chi connectivity index (χ3v) is 4.18. The number of hydrogen-bond acceptors (Lipinski definition) is 3. The highest BCUT2D eigenvalue weighted by Gasteiger charge is 2.36. The van der Waals surface area contributed by atoms with E-state index in [1.165, 1.54) is 5.56 Å².